The SMILES string of the molecule is COc1ccccc1OCCSC(C)CO. The molecule has 0 amide bonds. The molecule has 0 bridgehead atoms. The zero-order chi connectivity index (χ0) is 11.8. The van der Waals surface area contributed by atoms with E-state index in [1.165, 1.54) is 0 Å². The average molecular weight is 242 g/mol. The van der Waals surface area contributed by atoms with Crippen molar-refractivity contribution in [3.8, 4) is 11.5 Å². The number of hydrogen-bond acceptors (Lipinski definition) is 4. The van der Waals surface area contributed by atoms with Crippen LogP contribution < -0.4 is 9.47 Å². The summed E-state index contributed by atoms with van der Waals surface area (Å²) in [6.45, 7) is 2.82. The van der Waals surface area contributed by atoms with Gasteiger partial charge in [-0.15, -0.1) is 0 Å². The molecule has 1 atom stereocenters. The molecule has 1 rings (SSSR count). The van der Waals surface area contributed by atoms with Crippen LogP contribution in [0.5, 0.6) is 11.5 Å². The fourth-order valence-corrected chi connectivity index (χ4v) is 1.88. The van der Waals surface area contributed by atoms with Gasteiger partial charge in [0, 0.05) is 11.0 Å². The first-order valence-corrected chi connectivity index (χ1v) is 6.31. The van der Waals surface area contributed by atoms with Crippen LogP contribution in [0.25, 0.3) is 0 Å². The first-order valence-electron chi connectivity index (χ1n) is 5.26. The Morgan fingerprint density at radius 3 is 2.62 bits per heavy atom. The number of thioether (sulfide) groups is 1. The number of rotatable bonds is 7. The monoisotopic (exact) mass is 242 g/mol. The molecule has 0 aliphatic rings. The van der Waals surface area contributed by atoms with Crippen LogP contribution in [-0.4, -0.2) is 36.4 Å². The molecule has 1 N–H and O–H groups in total. The molecule has 0 heterocycles. The van der Waals surface area contributed by atoms with Crippen LogP contribution in [0.1, 0.15) is 6.92 Å². The second kappa shape index (κ2) is 7.41. The second-order valence-corrected chi connectivity index (χ2v) is 4.91. The fourth-order valence-electron chi connectivity index (χ4n) is 1.19. The number of ether oxygens (including phenoxy) is 2. The van der Waals surface area contributed by atoms with E-state index in [1.54, 1.807) is 18.9 Å². The molecule has 0 spiro atoms. The van der Waals surface area contributed by atoms with E-state index < -0.39 is 0 Å². The van der Waals surface area contributed by atoms with E-state index in [0.717, 1.165) is 17.3 Å². The Labute approximate surface area is 101 Å². The third-order valence-electron chi connectivity index (χ3n) is 2.07. The summed E-state index contributed by atoms with van der Waals surface area (Å²) in [5.41, 5.74) is 0. The largest absolute Gasteiger partial charge is 0.493 e. The molecular formula is C12H18O3S. The molecule has 4 heteroatoms. The first-order chi connectivity index (χ1) is 7.77. The maximum atomic E-state index is 8.85. The van der Waals surface area contributed by atoms with Gasteiger partial charge >= 0.3 is 0 Å². The van der Waals surface area contributed by atoms with Crippen molar-refractivity contribution in [3.63, 3.8) is 0 Å². The van der Waals surface area contributed by atoms with Crippen molar-refractivity contribution < 1.29 is 14.6 Å². The quantitative estimate of drug-likeness (QED) is 0.744. The van der Waals surface area contributed by atoms with Gasteiger partial charge < -0.3 is 14.6 Å². The van der Waals surface area contributed by atoms with Crippen molar-refractivity contribution in [3.05, 3.63) is 24.3 Å². The summed E-state index contributed by atoms with van der Waals surface area (Å²) >= 11 is 1.69. The van der Waals surface area contributed by atoms with Crippen LogP contribution in [-0.2, 0) is 0 Å². The molecule has 0 fully saturated rings. The van der Waals surface area contributed by atoms with Gasteiger partial charge in [0.05, 0.1) is 20.3 Å². The predicted octanol–water partition coefficient (Wildman–Crippen LogP) is 2.19. The summed E-state index contributed by atoms with van der Waals surface area (Å²) in [6, 6.07) is 7.59. The second-order valence-electron chi connectivity index (χ2n) is 3.36. The molecule has 0 aliphatic carbocycles. The number of benzene rings is 1. The highest BCUT2D eigenvalue weighted by atomic mass is 32.2. The van der Waals surface area contributed by atoms with E-state index in [2.05, 4.69) is 0 Å². The lowest BCUT2D eigenvalue weighted by Crippen LogP contribution is -2.08. The normalized spacial score (nSPS) is 12.2. The highest BCUT2D eigenvalue weighted by Crippen LogP contribution is 2.25. The first kappa shape index (κ1) is 13.2. The van der Waals surface area contributed by atoms with Gasteiger partial charge in [-0.25, -0.2) is 0 Å². The minimum atomic E-state index is 0.208. The summed E-state index contributed by atoms with van der Waals surface area (Å²) in [7, 11) is 1.63. The van der Waals surface area contributed by atoms with Crippen molar-refractivity contribution in [2.24, 2.45) is 0 Å². The number of para-hydroxylation sites is 2. The molecule has 0 saturated heterocycles. The minimum Gasteiger partial charge on any atom is -0.493 e. The third kappa shape index (κ3) is 4.33. The standard InChI is InChI=1S/C12H18O3S/c1-10(9-13)16-8-7-15-12-6-4-3-5-11(12)14-2/h3-6,10,13H,7-9H2,1-2H3. The smallest absolute Gasteiger partial charge is 0.161 e. The molecule has 0 saturated carbocycles. The van der Waals surface area contributed by atoms with Crippen molar-refractivity contribution in [2.75, 3.05) is 26.1 Å². The Morgan fingerprint density at radius 1 is 1.31 bits per heavy atom. The molecule has 1 unspecified atom stereocenters. The number of aliphatic hydroxyl groups excluding tert-OH is 1. The van der Waals surface area contributed by atoms with E-state index in [1.807, 2.05) is 31.2 Å². The number of methoxy groups -OCH3 is 1. The molecule has 0 aliphatic heterocycles. The van der Waals surface area contributed by atoms with Gasteiger partial charge in [0.1, 0.15) is 0 Å². The van der Waals surface area contributed by atoms with E-state index in [9.17, 15) is 0 Å². The van der Waals surface area contributed by atoms with Crippen molar-refractivity contribution in [2.45, 2.75) is 12.2 Å². The Morgan fingerprint density at radius 2 is 2.00 bits per heavy atom. The molecular weight excluding hydrogens is 224 g/mol. The van der Waals surface area contributed by atoms with E-state index in [-0.39, 0.29) is 11.9 Å². The summed E-state index contributed by atoms with van der Waals surface area (Å²) < 4.78 is 10.8. The van der Waals surface area contributed by atoms with E-state index >= 15 is 0 Å². The lowest BCUT2D eigenvalue weighted by molar-refractivity contribution is 0.298. The Hall–Kier alpha value is -0.870. The van der Waals surface area contributed by atoms with E-state index in [4.69, 9.17) is 14.6 Å². The van der Waals surface area contributed by atoms with Crippen LogP contribution in [0, 0.1) is 0 Å². The Kier molecular flexibility index (Phi) is 6.11. The fraction of sp³-hybridized carbons (Fsp3) is 0.500. The minimum absolute atomic E-state index is 0.208. The summed E-state index contributed by atoms with van der Waals surface area (Å²) in [5.74, 6) is 2.38. The van der Waals surface area contributed by atoms with E-state index in [0.29, 0.717) is 6.61 Å². The van der Waals surface area contributed by atoms with Gasteiger partial charge in [-0.05, 0) is 12.1 Å². The van der Waals surface area contributed by atoms with Gasteiger partial charge in [0.25, 0.3) is 0 Å². The summed E-state index contributed by atoms with van der Waals surface area (Å²) in [6.07, 6.45) is 0. The number of aliphatic hydroxyl groups is 1. The lowest BCUT2D eigenvalue weighted by Gasteiger charge is -2.11. The maximum Gasteiger partial charge on any atom is 0.161 e. The van der Waals surface area contributed by atoms with Gasteiger partial charge in [-0.1, -0.05) is 19.1 Å². The maximum absolute atomic E-state index is 8.85. The predicted molar refractivity (Wildman–Crippen MR) is 67.5 cm³/mol. The molecule has 3 nitrogen and oxygen atoms in total. The zero-order valence-corrected chi connectivity index (χ0v) is 10.5. The molecule has 16 heavy (non-hydrogen) atoms. The third-order valence-corrected chi connectivity index (χ3v) is 3.19. The zero-order valence-electron chi connectivity index (χ0n) is 9.68. The van der Waals surface area contributed by atoms with Gasteiger partial charge in [0.2, 0.25) is 0 Å². The summed E-state index contributed by atoms with van der Waals surface area (Å²) in [4.78, 5) is 0. The highest BCUT2D eigenvalue weighted by Gasteiger charge is 2.03. The van der Waals surface area contributed by atoms with Crippen LogP contribution in [0.15, 0.2) is 24.3 Å². The summed E-state index contributed by atoms with van der Waals surface area (Å²) in [5, 5.41) is 9.12. The molecule has 1 aromatic rings. The Balaban J connectivity index is 2.31. The van der Waals surface area contributed by atoms with Gasteiger partial charge in [-0.2, -0.15) is 11.8 Å². The van der Waals surface area contributed by atoms with Crippen LogP contribution in [0.2, 0.25) is 0 Å². The Bertz CT molecular complexity index is 304. The molecule has 1 aromatic carbocycles. The van der Waals surface area contributed by atoms with Crippen LogP contribution in [0.4, 0.5) is 0 Å². The highest BCUT2D eigenvalue weighted by molar-refractivity contribution is 7.99. The molecule has 90 valence electrons. The van der Waals surface area contributed by atoms with Crippen molar-refractivity contribution in [1.82, 2.24) is 0 Å². The van der Waals surface area contributed by atoms with Crippen LogP contribution >= 0.6 is 11.8 Å². The average Bonchev–Trinajstić information content (AvgIpc) is 2.34. The molecule has 0 aromatic heterocycles. The number of hydrogen-bond donors (Lipinski definition) is 1. The van der Waals surface area contributed by atoms with Crippen molar-refractivity contribution in [1.29, 1.82) is 0 Å². The molecule has 0 radical (unpaired) electrons. The van der Waals surface area contributed by atoms with Gasteiger partial charge in [0.15, 0.2) is 11.5 Å². The van der Waals surface area contributed by atoms with Gasteiger partial charge in [-0.3, -0.25) is 0 Å². The van der Waals surface area contributed by atoms with Crippen molar-refractivity contribution >= 4 is 11.8 Å². The lowest BCUT2D eigenvalue weighted by atomic mass is 10.3. The topological polar surface area (TPSA) is 38.7 Å². The van der Waals surface area contributed by atoms with Crippen LogP contribution in [0.3, 0.4) is 0 Å².